The Kier molecular flexibility index (Phi) is 4.13. The molecule has 0 heterocycles. The van der Waals surface area contributed by atoms with Crippen LogP contribution in [0.15, 0.2) is 60.7 Å². The number of phenols is 2. The van der Waals surface area contributed by atoms with E-state index < -0.39 is 0 Å². The number of ether oxygens (including phenoxy) is 1. The van der Waals surface area contributed by atoms with Gasteiger partial charge in [-0.1, -0.05) is 30.3 Å². The molecule has 0 bridgehead atoms. The highest BCUT2D eigenvalue weighted by Gasteiger charge is 2.43. The molecular weight excluding hydrogens is 360 g/mol. The molecule has 1 atom stereocenters. The highest BCUT2D eigenvalue weighted by Crippen LogP contribution is 2.54. The SMILES string of the molecule is COc1ccc(/C=C2\c3ccc(O)cc3CCC23Cc2ccc(O)cc2C3)cc1. The molecule has 0 fully saturated rings. The molecule has 0 aliphatic heterocycles. The summed E-state index contributed by atoms with van der Waals surface area (Å²) >= 11 is 0. The van der Waals surface area contributed by atoms with Gasteiger partial charge in [0.05, 0.1) is 7.11 Å². The van der Waals surface area contributed by atoms with Gasteiger partial charge < -0.3 is 14.9 Å². The predicted molar refractivity (Wildman–Crippen MR) is 115 cm³/mol. The first kappa shape index (κ1) is 17.9. The zero-order valence-corrected chi connectivity index (χ0v) is 16.5. The molecule has 2 N–H and O–H groups in total. The third-order valence-electron chi connectivity index (χ3n) is 6.50. The summed E-state index contributed by atoms with van der Waals surface area (Å²) in [4.78, 5) is 0. The number of hydrogen-bond donors (Lipinski definition) is 2. The van der Waals surface area contributed by atoms with Crippen molar-refractivity contribution < 1.29 is 14.9 Å². The van der Waals surface area contributed by atoms with Crippen molar-refractivity contribution in [3.05, 3.63) is 88.5 Å². The fourth-order valence-corrected chi connectivity index (χ4v) is 5.05. The molecule has 0 saturated heterocycles. The lowest BCUT2D eigenvalue weighted by atomic mass is 9.65. The van der Waals surface area contributed by atoms with Gasteiger partial charge in [-0.25, -0.2) is 0 Å². The van der Waals surface area contributed by atoms with E-state index in [0.29, 0.717) is 11.5 Å². The second-order valence-corrected chi connectivity index (χ2v) is 8.26. The molecule has 2 aliphatic rings. The Balaban J connectivity index is 1.64. The maximum Gasteiger partial charge on any atom is 0.118 e. The molecule has 0 aromatic heterocycles. The van der Waals surface area contributed by atoms with Crippen molar-refractivity contribution in [2.24, 2.45) is 5.41 Å². The lowest BCUT2D eigenvalue weighted by molar-refractivity contribution is 0.380. The zero-order valence-electron chi connectivity index (χ0n) is 16.5. The highest BCUT2D eigenvalue weighted by molar-refractivity contribution is 5.88. The molecule has 0 saturated carbocycles. The summed E-state index contributed by atoms with van der Waals surface area (Å²) < 4.78 is 5.30. The van der Waals surface area contributed by atoms with E-state index >= 15 is 0 Å². The van der Waals surface area contributed by atoms with Gasteiger partial charge in [-0.3, -0.25) is 0 Å². The smallest absolute Gasteiger partial charge is 0.118 e. The van der Waals surface area contributed by atoms with E-state index in [9.17, 15) is 10.2 Å². The molecule has 5 rings (SSSR count). The minimum absolute atomic E-state index is 0.0139. The first-order chi connectivity index (χ1) is 14.1. The number of allylic oxidation sites excluding steroid dienone is 1. The van der Waals surface area contributed by atoms with Crippen LogP contribution in [-0.4, -0.2) is 17.3 Å². The lowest BCUT2D eigenvalue weighted by Crippen LogP contribution is -2.28. The third kappa shape index (κ3) is 3.07. The van der Waals surface area contributed by atoms with Crippen molar-refractivity contribution in [3.63, 3.8) is 0 Å². The van der Waals surface area contributed by atoms with Gasteiger partial charge in [0.2, 0.25) is 0 Å². The van der Waals surface area contributed by atoms with E-state index in [4.69, 9.17) is 4.74 Å². The van der Waals surface area contributed by atoms with Crippen LogP contribution in [0.3, 0.4) is 0 Å². The van der Waals surface area contributed by atoms with Gasteiger partial charge >= 0.3 is 0 Å². The van der Waals surface area contributed by atoms with Crippen LogP contribution >= 0.6 is 0 Å². The van der Waals surface area contributed by atoms with Gasteiger partial charge in [0, 0.05) is 5.41 Å². The summed E-state index contributed by atoms with van der Waals surface area (Å²) in [6.45, 7) is 0. The molecule has 3 heteroatoms. The Morgan fingerprint density at radius 1 is 0.828 bits per heavy atom. The van der Waals surface area contributed by atoms with Crippen LogP contribution in [0.25, 0.3) is 11.6 Å². The number of aromatic hydroxyl groups is 2. The number of phenolic OH excluding ortho intramolecular Hbond substituents is 2. The molecule has 1 unspecified atom stereocenters. The summed E-state index contributed by atoms with van der Waals surface area (Å²) in [7, 11) is 1.68. The van der Waals surface area contributed by atoms with Crippen LogP contribution in [-0.2, 0) is 19.3 Å². The van der Waals surface area contributed by atoms with Crippen molar-refractivity contribution in [3.8, 4) is 17.2 Å². The Bertz CT molecular complexity index is 1110. The molecule has 3 aromatic carbocycles. The van der Waals surface area contributed by atoms with E-state index in [1.54, 1.807) is 19.2 Å². The van der Waals surface area contributed by atoms with E-state index in [1.807, 2.05) is 24.3 Å². The summed E-state index contributed by atoms with van der Waals surface area (Å²) in [5, 5.41) is 20.0. The highest BCUT2D eigenvalue weighted by atomic mass is 16.5. The monoisotopic (exact) mass is 384 g/mol. The van der Waals surface area contributed by atoms with Gasteiger partial charge in [-0.15, -0.1) is 0 Å². The number of benzene rings is 3. The number of rotatable bonds is 2. The fourth-order valence-electron chi connectivity index (χ4n) is 5.05. The molecule has 2 aliphatic carbocycles. The minimum Gasteiger partial charge on any atom is -0.508 e. The van der Waals surface area contributed by atoms with E-state index in [1.165, 1.54) is 27.8 Å². The number of hydrogen-bond acceptors (Lipinski definition) is 3. The molecule has 29 heavy (non-hydrogen) atoms. The number of aryl methyl sites for hydroxylation is 1. The van der Waals surface area contributed by atoms with Gasteiger partial charge in [0.15, 0.2) is 0 Å². The molecule has 146 valence electrons. The average Bonchev–Trinajstić information content (AvgIpc) is 3.09. The van der Waals surface area contributed by atoms with Crippen molar-refractivity contribution >= 4 is 11.6 Å². The average molecular weight is 384 g/mol. The fraction of sp³-hybridized carbons (Fsp3) is 0.231. The van der Waals surface area contributed by atoms with Crippen LogP contribution < -0.4 is 4.74 Å². The van der Waals surface area contributed by atoms with Crippen LogP contribution in [0.1, 0.15) is 34.2 Å². The van der Waals surface area contributed by atoms with Gasteiger partial charge in [-0.05, 0) is 95.5 Å². The quantitative estimate of drug-likeness (QED) is 0.624. The van der Waals surface area contributed by atoms with Crippen LogP contribution in [0, 0.1) is 5.41 Å². The first-order valence-electron chi connectivity index (χ1n) is 10.1. The Hall–Kier alpha value is -3.20. The second kappa shape index (κ2) is 6.70. The Morgan fingerprint density at radius 3 is 2.28 bits per heavy atom. The molecule has 0 radical (unpaired) electrons. The van der Waals surface area contributed by atoms with E-state index in [-0.39, 0.29) is 5.41 Å². The molecule has 3 nitrogen and oxygen atoms in total. The summed E-state index contributed by atoms with van der Waals surface area (Å²) in [6.07, 6.45) is 6.18. The van der Waals surface area contributed by atoms with Crippen LogP contribution in [0.5, 0.6) is 17.2 Å². The first-order valence-corrected chi connectivity index (χ1v) is 10.1. The molecule has 3 aromatic rings. The largest absolute Gasteiger partial charge is 0.508 e. The summed E-state index contributed by atoms with van der Waals surface area (Å²) in [6, 6.07) is 19.7. The van der Waals surface area contributed by atoms with E-state index in [0.717, 1.165) is 37.0 Å². The Labute approximate surface area is 170 Å². The van der Waals surface area contributed by atoms with Crippen LogP contribution in [0.2, 0.25) is 0 Å². The number of fused-ring (bicyclic) bond motifs is 2. The van der Waals surface area contributed by atoms with E-state index in [2.05, 4.69) is 30.3 Å². The maximum absolute atomic E-state index is 9.99. The lowest BCUT2D eigenvalue weighted by Gasteiger charge is -2.38. The molecule has 0 amide bonds. The topological polar surface area (TPSA) is 49.7 Å². The zero-order chi connectivity index (χ0) is 20.0. The molecular formula is C26H24O3. The van der Waals surface area contributed by atoms with Crippen molar-refractivity contribution in [2.45, 2.75) is 25.7 Å². The second-order valence-electron chi connectivity index (χ2n) is 8.26. The Morgan fingerprint density at radius 2 is 1.52 bits per heavy atom. The molecule has 1 spiro atoms. The minimum atomic E-state index is 0.0139. The normalized spacial score (nSPS) is 21.2. The third-order valence-corrected chi connectivity index (χ3v) is 6.50. The van der Waals surface area contributed by atoms with Gasteiger partial charge in [0.25, 0.3) is 0 Å². The van der Waals surface area contributed by atoms with Gasteiger partial charge in [-0.2, -0.15) is 0 Å². The van der Waals surface area contributed by atoms with Crippen LogP contribution in [0.4, 0.5) is 0 Å². The standard InChI is InChI=1S/C26H24O3/c1-29-23-7-2-17(3-8-23)12-25-24-9-6-22(28)13-18(24)10-11-26(25)15-19-4-5-21(27)14-20(19)16-26/h2-9,12-14,27-28H,10-11,15-16H2,1H3/b25-12+. The predicted octanol–water partition coefficient (Wildman–Crippen LogP) is 5.38. The summed E-state index contributed by atoms with van der Waals surface area (Å²) in [5.74, 6) is 1.50. The number of methoxy groups -OCH3 is 1. The summed E-state index contributed by atoms with van der Waals surface area (Å²) in [5.41, 5.74) is 7.47. The van der Waals surface area contributed by atoms with Crippen molar-refractivity contribution in [2.75, 3.05) is 7.11 Å². The van der Waals surface area contributed by atoms with Crippen molar-refractivity contribution in [1.29, 1.82) is 0 Å². The van der Waals surface area contributed by atoms with Crippen molar-refractivity contribution in [1.82, 2.24) is 0 Å². The maximum atomic E-state index is 9.99. The van der Waals surface area contributed by atoms with Gasteiger partial charge in [0.1, 0.15) is 17.2 Å².